The second-order valence-corrected chi connectivity index (χ2v) is 7.61. The molecule has 0 heterocycles. The molecular weight excluding hydrogens is 430 g/mol. The van der Waals surface area contributed by atoms with Crippen molar-refractivity contribution in [1.29, 1.82) is 0 Å². The number of carbonyl (C=O) groups is 3. The van der Waals surface area contributed by atoms with Gasteiger partial charge in [0.2, 0.25) is 0 Å². The number of hydrogen-bond donors (Lipinski definition) is 2. The molecule has 0 aliphatic carbocycles. The van der Waals surface area contributed by atoms with E-state index in [1.165, 1.54) is 20.5 Å². The van der Waals surface area contributed by atoms with Crippen molar-refractivity contribution >= 4 is 29.9 Å². The summed E-state index contributed by atoms with van der Waals surface area (Å²) in [5.74, 6) is -0.287. The first-order chi connectivity index (χ1) is 14.1. The number of hydroxylamine groups is 1. The first-order valence-electron chi connectivity index (χ1n) is 9.12. The molecular formula is C21H36ClNO8. The van der Waals surface area contributed by atoms with E-state index in [1.54, 1.807) is 59.2 Å². The second kappa shape index (κ2) is 17.3. The molecule has 0 aliphatic heterocycles. The molecule has 10 heteroatoms. The topological polar surface area (TPSA) is 120 Å². The predicted molar refractivity (Wildman–Crippen MR) is 119 cm³/mol. The Morgan fingerprint density at radius 1 is 0.871 bits per heavy atom. The molecule has 0 spiro atoms. The van der Waals surface area contributed by atoms with E-state index in [9.17, 15) is 14.4 Å². The maximum atomic E-state index is 11.0. The highest BCUT2D eigenvalue weighted by Crippen LogP contribution is 2.11. The van der Waals surface area contributed by atoms with Gasteiger partial charge in [-0.1, -0.05) is 17.7 Å². The molecule has 1 aromatic rings. The Balaban J connectivity index is -0.000000429. The highest BCUT2D eigenvalue weighted by Gasteiger charge is 2.24. The van der Waals surface area contributed by atoms with E-state index in [0.717, 1.165) is 5.56 Å². The number of nitrogens with one attached hydrogen (secondary N) is 1. The lowest BCUT2D eigenvalue weighted by Gasteiger charge is -2.20. The van der Waals surface area contributed by atoms with Gasteiger partial charge in [-0.3, -0.25) is 0 Å². The van der Waals surface area contributed by atoms with E-state index in [4.69, 9.17) is 14.7 Å². The van der Waals surface area contributed by atoms with E-state index in [-0.39, 0.29) is 5.97 Å². The van der Waals surface area contributed by atoms with Crippen LogP contribution in [0.3, 0.4) is 0 Å². The zero-order chi connectivity index (χ0) is 25.3. The molecule has 0 aromatic heterocycles. The van der Waals surface area contributed by atoms with Crippen LogP contribution in [0.25, 0.3) is 0 Å². The van der Waals surface area contributed by atoms with Gasteiger partial charge in [-0.05, 0) is 60.6 Å². The Kier molecular flexibility index (Phi) is 18.6. The summed E-state index contributed by atoms with van der Waals surface area (Å²) in [7, 11) is 2.81. The van der Waals surface area contributed by atoms with Crippen molar-refractivity contribution < 1.29 is 38.5 Å². The number of halogens is 1. The molecule has 0 radical (unpaired) electrons. The molecule has 180 valence electrons. The van der Waals surface area contributed by atoms with Gasteiger partial charge in [-0.2, -0.15) is 0 Å². The normalized spacial score (nSPS) is 9.81. The third-order valence-corrected chi connectivity index (χ3v) is 2.42. The Morgan fingerprint density at radius 3 is 1.45 bits per heavy atom. The van der Waals surface area contributed by atoms with Crippen molar-refractivity contribution in [2.75, 3.05) is 20.5 Å². The summed E-state index contributed by atoms with van der Waals surface area (Å²) >= 11 is 4.64. The van der Waals surface area contributed by atoms with Crippen LogP contribution < -0.4 is 5.48 Å². The third kappa shape index (κ3) is 23.8. The van der Waals surface area contributed by atoms with E-state index in [1.807, 2.05) is 19.1 Å². The molecule has 1 aromatic carbocycles. The van der Waals surface area contributed by atoms with Gasteiger partial charge in [-0.25, -0.2) is 19.9 Å². The second-order valence-electron chi connectivity index (χ2n) is 7.61. The molecule has 0 bridgehead atoms. The Morgan fingerprint density at radius 2 is 1.19 bits per heavy atom. The average molecular weight is 466 g/mol. The fraction of sp³-hybridized carbons (Fsp3) is 0.571. The molecule has 0 saturated carbocycles. The number of alkyl halides is 1. The first kappa shape index (κ1) is 33.3. The van der Waals surface area contributed by atoms with Gasteiger partial charge in [0.1, 0.15) is 11.2 Å². The quantitative estimate of drug-likeness (QED) is 0.191. The van der Waals surface area contributed by atoms with E-state index in [0.29, 0.717) is 5.56 Å². The molecule has 0 amide bonds. The smallest absolute Gasteiger partial charge is 0.465 e. The Labute approximate surface area is 189 Å². The van der Waals surface area contributed by atoms with Crippen LogP contribution in [0.4, 0.5) is 9.59 Å². The van der Waals surface area contributed by atoms with E-state index >= 15 is 0 Å². The van der Waals surface area contributed by atoms with Crippen LogP contribution in [0.5, 0.6) is 0 Å². The summed E-state index contributed by atoms with van der Waals surface area (Å²) < 4.78 is 18.3. The van der Waals surface area contributed by atoms with Crippen LogP contribution >= 0.6 is 11.6 Å². The molecule has 0 unspecified atom stereocenters. The van der Waals surface area contributed by atoms with Crippen LogP contribution in [0.15, 0.2) is 24.3 Å². The number of ether oxygens (including phenoxy) is 4. The maximum absolute atomic E-state index is 11.0. The lowest BCUT2D eigenvalue weighted by atomic mass is 10.2. The summed E-state index contributed by atoms with van der Waals surface area (Å²) in [6.45, 7) is 12.0. The zero-order valence-electron chi connectivity index (χ0n) is 20.0. The summed E-state index contributed by atoms with van der Waals surface area (Å²) in [6.07, 6.45) is -0.645. The molecule has 0 fully saturated rings. The van der Waals surface area contributed by atoms with E-state index in [2.05, 4.69) is 21.1 Å². The van der Waals surface area contributed by atoms with Crippen molar-refractivity contribution in [1.82, 2.24) is 5.48 Å². The number of carbonyl (C=O) groups excluding carboxylic acids is 3. The van der Waals surface area contributed by atoms with Gasteiger partial charge in [-0.15, -0.1) is 11.6 Å². The molecule has 9 nitrogen and oxygen atoms in total. The SMILES string of the molecule is CC(C)(C)OC(=O)OC(=O)OC(C)(C)C.CCl.CNO.COC(=O)c1ccc(C)cc1. The number of hydrogen-bond acceptors (Lipinski definition) is 9. The summed E-state index contributed by atoms with van der Waals surface area (Å²) in [4.78, 5) is 32.9. The minimum absolute atomic E-state index is 0.287. The fourth-order valence-electron chi connectivity index (χ4n) is 1.42. The monoisotopic (exact) mass is 465 g/mol. The molecule has 0 atom stereocenters. The van der Waals surface area contributed by atoms with Crippen LogP contribution in [-0.2, 0) is 18.9 Å². The van der Waals surface area contributed by atoms with Crippen LogP contribution in [0.2, 0.25) is 0 Å². The van der Waals surface area contributed by atoms with Crippen LogP contribution in [-0.4, -0.2) is 55.2 Å². The van der Waals surface area contributed by atoms with Gasteiger partial charge in [0, 0.05) is 13.4 Å². The summed E-state index contributed by atoms with van der Waals surface area (Å²) in [6, 6.07) is 7.26. The minimum atomic E-state index is -1.06. The molecule has 2 N–H and O–H groups in total. The van der Waals surface area contributed by atoms with Crippen molar-refractivity contribution in [3.8, 4) is 0 Å². The highest BCUT2D eigenvalue weighted by atomic mass is 35.5. The van der Waals surface area contributed by atoms with Crippen molar-refractivity contribution in [3.05, 3.63) is 35.4 Å². The van der Waals surface area contributed by atoms with Crippen molar-refractivity contribution in [3.63, 3.8) is 0 Å². The number of esters is 1. The van der Waals surface area contributed by atoms with Crippen molar-refractivity contribution in [2.24, 2.45) is 0 Å². The lowest BCUT2D eigenvalue weighted by molar-refractivity contribution is -0.0294. The number of aryl methyl sites for hydroxylation is 1. The number of benzene rings is 1. The standard InChI is InChI=1S/C10H18O5.C9H10O2.CH3Cl.CH5NO/c1-9(2,3)14-7(11)13-8(12)15-10(4,5)6;1-7-3-5-8(6-4-7)9(10)11-2;1-2;1-2-3/h1-6H3;3-6H,1-2H3;1H3;2-3H,1H3. The molecule has 0 saturated heterocycles. The summed E-state index contributed by atoms with van der Waals surface area (Å²) in [5.41, 5.74) is 2.09. The fourth-order valence-corrected chi connectivity index (χ4v) is 1.42. The Bertz CT molecular complexity index is 608. The van der Waals surface area contributed by atoms with E-state index < -0.39 is 23.5 Å². The predicted octanol–water partition coefficient (Wildman–Crippen LogP) is 5.10. The molecule has 1 rings (SSSR count). The average Bonchev–Trinajstić information content (AvgIpc) is 2.61. The van der Waals surface area contributed by atoms with Crippen molar-refractivity contribution in [2.45, 2.75) is 59.7 Å². The third-order valence-electron chi connectivity index (χ3n) is 2.42. The highest BCUT2D eigenvalue weighted by molar-refractivity contribution is 6.15. The van der Waals surface area contributed by atoms with Gasteiger partial charge in [0.15, 0.2) is 0 Å². The van der Waals surface area contributed by atoms with Gasteiger partial charge in [0.05, 0.1) is 12.7 Å². The Hall–Kier alpha value is -2.36. The van der Waals surface area contributed by atoms with Gasteiger partial charge < -0.3 is 24.2 Å². The maximum Gasteiger partial charge on any atom is 0.519 e. The zero-order valence-corrected chi connectivity index (χ0v) is 20.7. The van der Waals surface area contributed by atoms with Gasteiger partial charge >= 0.3 is 18.3 Å². The van der Waals surface area contributed by atoms with Crippen LogP contribution in [0.1, 0.15) is 57.5 Å². The minimum Gasteiger partial charge on any atom is -0.465 e. The number of methoxy groups -OCH3 is 1. The molecule has 0 aliphatic rings. The summed E-state index contributed by atoms with van der Waals surface area (Å²) in [5, 5.41) is 7.32. The number of rotatable bonds is 1. The molecule has 31 heavy (non-hydrogen) atoms. The largest absolute Gasteiger partial charge is 0.519 e. The lowest BCUT2D eigenvalue weighted by Crippen LogP contribution is -2.29. The van der Waals surface area contributed by atoms with Gasteiger partial charge in [0.25, 0.3) is 0 Å². The van der Waals surface area contributed by atoms with Crippen LogP contribution in [0, 0.1) is 6.92 Å². The first-order valence-corrected chi connectivity index (χ1v) is 9.88.